The number of nitrogens with two attached hydrogens (primary N) is 2. The molecule has 0 aromatic heterocycles. The molecule has 2 atom stereocenters. The van der Waals surface area contributed by atoms with Gasteiger partial charge in [0.15, 0.2) is 0 Å². The molecule has 2 saturated carbocycles. The van der Waals surface area contributed by atoms with Crippen molar-refractivity contribution in [1.82, 2.24) is 0 Å². The second-order valence-corrected chi connectivity index (χ2v) is 4.78. The first-order valence-corrected chi connectivity index (χ1v) is 5.25. The van der Waals surface area contributed by atoms with Gasteiger partial charge in [0.2, 0.25) is 0 Å². The van der Waals surface area contributed by atoms with Gasteiger partial charge in [-0.2, -0.15) is 0 Å². The molecular weight excluding hydrogens is 148 g/mol. The average Bonchev–Trinajstić information content (AvgIpc) is 2.02. The molecule has 0 spiro atoms. The van der Waals surface area contributed by atoms with Gasteiger partial charge in [-0.05, 0) is 31.1 Å². The van der Waals surface area contributed by atoms with Crippen molar-refractivity contribution in [1.29, 1.82) is 0 Å². The van der Waals surface area contributed by atoms with Crippen LogP contribution >= 0.6 is 0 Å². The highest BCUT2D eigenvalue weighted by atomic mass is 15.0. The van der Waals surface area contributed by atoms with Crippen LogP contribution < -0.4 is 11.5 Å². The van der Waals surface area contributed by atoms with Crippen LogP contribution in [0.2, 0.25) is 0 Å². The van der Waals surface area contributed by atoms with Crippen LogP contribution in [0.15, 0.2) is 0 Å². The number of hydrogen-bond donors (Lipinski definition) is 2. The van der Waals surface area contributed by atoms with E-state index in [-0.39, 0.29) is 5.66 Å². The normalized spacial score (nSPS) is 40.5. The molecular formula is C10H20N2. The van der Waals surface area contributed by atoms with Gasteiger partial charge < -0.3 is 11.5 Å². The fraction of sp³-hybridized carbons (Fsp3) is 1.00. The zero-order valence-corrected chi connectivity index (χ0v) is 7.76. The Kier molecular flexibility index (Phi) is 2.13. The second-order valence-electron chi connectivity index (χ2n) is 4.78. The third kappa shape index (κ3) is 1.64. The minimum absolute atomic E-state index is 0.335. The molecule has 0 heterocycles. The summed E-state index contributed by atoms with van der Waals surface area (Å²) >= 11 is 0. The molecule has 2 nitrogen and oxygen atoms in total. The number of fused-ring (bicyclic) bond motifs is 1. The molecule has 2 fully saturated rings. The van der Waals surface area contributed by atoms with E-state index in [9.17, 15) is 0 Å². The summed E-state index contributed by atoms with van der Waals surface area (Å²) in [6, 6.07) is 0. The van der Waals surface area contributed by atoms with Crippen molar-refractivity contribution in [3.8, 4) is 0 Å². The number of hydrogen-bond acceptors (Lipinski definition) is 2. The molecule has 0 aromatic carbocycles. The molecule has 0 saturated heterocycles. The lowest BCUT2D eigenvalue weighted by atomic mass is 9.68. The van der Waals surface area contributed by atoms with Crippen molar-refractivity contribution in [2.75, 3.05) is 0 Å². The molecule has 0 bridgehead atoms. The summed E-state index contributed by atoms with van der Waals surface area (Å²) < 4.78 is 0. The fourth-order valence-corrected chi connectivity index (χ4v) is 2.98. The first-order chi connectivity index (χ1) is 5.67. The average molecular weight is 168 g/mol. The van der Waals surface area contributed by atoms with E-state index < -0.39 is 0 Å². The largest absolute Gasteiger partial charge is 0.313 e. The fourth-order valence-electron chi connectivity index (χ4n) is 2.98. The van der Waals surface area contributed by atoms with Gasteiger partial charge in [-0.15, -0.1) is 0 Å². The highest BCUT2D eigenvalue weighted by Crippen LogP contribution is 2.41. The first-order valence-electron chi connectivity index (χ1n) is 5.25. The molecule has 0 radical (unpaired) electrons. The molecule has 70 valence electrons. The molecule has 0 amide bonds. The highest BCUT2D eigenvalue weighted by Gasteiger charge is 2.36. The van der Waals surface area contributed by atoms with E-state index in [1.807, 2.05) is 0 Å². The lowest BCUT2D eigenvalue weighted by Crippen LogP contribution is -2.54. The first kappa shape index (κ1) is 8.52. The van der Waals surface area contributed by atoms with Crippen molar-refractivity contribution in [2.45, 2.75) is 50.6 Å². The smallest absolute Gasteiger partial charge is 0.0639 e. The predicted octanol–water partition coefficient (Wildman–Crippen LogP) is 1.59. The molecule has 2 heteroatoms. The Morgan fingerprint density at radius 1 is 0.917 bits per heavy atom. The quantitative estimate of drug-likeness (QED) is 0.540. The van der Waals surface area contributed by atoms with Crippen molar-refractivity contribution >= 4 is 0 Å². The minimum Gasteiger partial charge on any atom is -0.313 e. The minimum atomic E-state index is -0.335. The zero-order chi connectivity index (χ0) is 8.60. The van der Waals surface area contributed by atoms with E-state index in [1.165, 1.54) is 32.1 Å². The Labute approximate surface area is 74.7 Å². The maximum absolute atomic E-state index is 5.96. The van der Waals surface area contributed by atoms with Crippen LogP contribution in [-0.2, 0) is 0 Å². The summed E-state index contributed by atoms with van der Waals surface area (Å²) in [4.78, 5) is 0. The van der Waals surface area contributed by atoms with E-state index in [2.05, 4.69) is 0 Å². The monoisotopic (exact) mass is 168 g/mol. The summed E-state index contributed by atoms with van der Waals surface area (Å²) in [5, 5.41) is 0. The molecule has 2 aliphatic rings. The van der Waals surface area contributed by atoms with Gasteiger partial charge >= 0.3 is 0 Å². The van der Waals surface area contributed by atoms with Crippen molar-refractivity contribution in [2.24, 2.45) is 23.3 Å². The number of rotatable bonds is 0. The third-order valence-electron chi connectivity index (χ3n) is 3.69. The van der Waals surface area contributed by atoms with Gasteiger partial charge in [-0.1, -0.05) is 25.7 Å². The standard InChI is InChI=1S/C10H20N2/c11-10(12)6-5-8-3-1-2-4-9(8)7-10/h8-9H,1-7,11-12H2. The molecule has 12 heavy (non-hydrogen) atoms. The van der Waals surface area contributed by atoms with Crippen molar-refractivity contribution < 1.29 is 0 Å². The van der Waals surface area contributed by atoms with E-state index >= 15 is 0 Å². The van der Waals surface area contributed by atoms with E-state index in [0.717, 1.165) is 24.7 Å². The van der Waals surface area contributed by atoms with Gasteiger partial charge in [0, 0.05) is 0 Å². The Morgan fingerprint density at radius 2 is 1.58 bits per heavy atom. The van der Waals surface area contributed by atoms with Gasteiger partial charge in [-0.3, -0.25) is 0 Å². The Bertz CT molecular complexity index is 165. The maximum atomic E-state index is 5.96. The van der Waals surface area contributed by atoms with Gasteiger partial charge in [0.1, 0.15) is 0 Å². The van der Waals surface area contributed by atoms with Crippen LogP contribution in [0.3, 0.4) is 0 Å². The molecule has 2 rings (SSSR count). The van der Waals surface area contributed by atoms with E-state index in [4.69, 9.17) is 11.5 Å². The third-order valence-corrected chi connectivity index (χ3v) is 3.69. The lowest BCUT2D eigenvalue weighted by Gasteiger charge is -2.42. The van der Waals surface area contributed by atoms with Crippen LogP contribution in [0, 0.1) is 11.8 Å². The summed E-state index contributed by atoms with van der Waals surface area (Å²) in [5.74, 6) is 1.81. The summed E-state index contributed by atoms with van der Waals surface area (Å²) in [7, 11) is 0. The Hall–Kier alpha value is -0.0800. The predicted molar refractivity (Wildman–Crippen MR) is 50.4 cm³/mol. The van der Waals surface area contributed by atoms with Crippen LogP contribution in [0.25, 0.3) is 0 Å². The van der Waals surface area contributed by atoms with Crippen LogP contribution in [-0.4, -0.2) is 5.66 Å². The highest BCUT2D eigenvalue weighted by molar-refractivity contribution is 4.91. The molecule has 2 aliphatic carbocycles. The van der Waals surface area contributed by atoms with Gasteiger partial charge in [-0.25, -0.2) is 0 Å². The van der Waals surface area contributed by atoms with Crippen LogP contribution in [0.1, 0.15) is 44.9 Å². The van der Waals surface area contributed by atoms with Crippen LogP contribution in [0.4, 0.5) is 0 Å². The molecule has 2 unspecified atom stereocenters. The maximum Gasteiger partial charge on any atom is 0.0639 e. The summed E-state index contributed by atoms with van der Waals surface area (Å²) in [5.41, 5.74) is 11.6. The summed E-state index contributed by atoms with van der Waals surface area (Å²) in [6.07, 6.45) is 9.02. The molecule has 4 N–H and O–H groups in total. The summed E-state index contributed by atoms with van der Waals surface area (Å²) in [6.45, 7) is 0. The van der Waals surface area contributed by atoms with E-state index in [0.29, 0.717) is 0 Å². The zero-order valence-electron chi connectivity index (χ0n) is 7.76. The molecule has 0 aromatic rings. The van der Waals surface area contributed by atoms with Crippen LogP contribution in [0.5, 0.6) is 0 Å². The topological polar surface area (TPSA) is 52.0 Å². The Morgan fingerprint density at radius 3 is 2.33 bits per heavy atom. The van der Waals surface area contributed by atoms with Crippen molar-refractivity contribution in [3.05, 3.63) is 0 Å². The van der Waals surface area contributed by atoms with E-state index in [1.54, 1.807) is 0 Å². The molecule has 0 aliphatic heterocycles. The SMILES string of the molecule is NC1(N)CCC2CCCCC2C1. The van der Waals surface area contributed by atoms with Gasteiger partial charge in [0.25, 0.3) is 0 Å². The van der Waals surface area contributed by atoms with Gasteiger partial charge in [0.05, 0.1) is 5.66 Å². The lowest BCUT2D eigenvalue weighted by molar-refractivity contribution is 0.113. The van der Waals surface area contributed by atoms with Crippen molar-refractivity contribution in [3.63, 3.8) is 0 Å². The second kappa shape index (κ2) is 3.00. The Balaban J connectivity index is 1.99.